The van der Waals surface area contributed by atoms with Crippen LogP contribution in [0.15, 0.2) is 41.0 Å². The Morgan fingerprint density at radius 3 is 2.94 bits per heavy atom. The van der Waals surface area contributed by atoms with Crippen molar-refractivity contribution in [3.8, 4) is 5.69 Å². The lowest BCUT2D eigenvalue weighted by Gasteiger charge is -2.12. The van der Waals surface area contributed by atoms with E-state index in [0.29, 0.717) is 12.5 Å². The predicted molar refractivity (Wildman–Crippen MR) is 68.7 cm³/mol. The van der Waals surface area contributed by atoms with E-state index in [1.165, 1.54) is 0 Å². The molecule has 0 saturated carbocycles. The van der Waals surface area contributed by atoms with Crippen molar-refractivity contribution in [2.45, 2.75) is 12.8 Å². The van der Waals surface area contributed by atoms with E-state index in [9.17, 15) is 0 Å². The van der Waals surface area contributed by atoms with E-state index in [-0.39, 0.29) is 0 Å². The number of nitrogens with two attached hydrogens (primary N) is 1. The number of halogens is 1. The standard InChI is InChI=1S/C12H14BrN3/c1-9(8-14)12-5-6-15-16(12)11-4-2-3-10(13)7-11/h2-7,9H,8,14H2,1H3. The first-order chi connectivity index (χ1) is 7.72. The smallest absolute Gasteiger partial charge is 0.0660 e. The molecule has 2 N–H and O–H groups in total. The maximum atomic E-state index is 5.69. The van der Waals surface area contributed by atoms with Gasteiger partial charge in [0.15, 0.2) is 0 Å². The van der Waals surface area contributed by atoms with Gasteiger partial charge in [0, 0.05) is 28.8 Å². The molecule has 1 unspecified atom stereocenters. The minimum absolute atomic E-state index is 0.307. The summed E-state index contributed by atoms with van der Waals surface area (Å²) in [5.41, 5.74) is 7.88. The average Bonchev–Trinajstić information content (AvgIpc) is 2.77. The molecule has 1 atom stereocenters. The molecule has 3 nitrogen and oxygen atoms in total. The van der Waals surface area contributed by atoms with E-state index in [1.54, 1.807) is 0 Å². The van der Waals surface area contributed by atoms with Crippen molar-refractivity contribution >= 4 is 15.9 Å². The van der Waals surface area contributed by atoms with Crippen LogP contribution < -0.4 is 5.73 Å². The van der Waals surface area contributed by atoms with Gasteiger partial charge in [-0.2, -0.15) is 5.10 Å². The van der Waals surface area contributed by atoms with Gasteiger partial charge in [-0.3, -0.25) is 0 Å². The lowest BCUT2D eigenvalue weighted by Crippen LogP contribution is -2.13. The second kappa shape index (κ2) is 4.80. The first-order valence-electron chi connectivity index (χ1n) is 5.22. The Kier molecular flexibility index (Phi) is 3.41. The van der Waals surface area contributed by atoms with Crippen LogP contribution in [0.2, 0.25) is 0 Å². The predicted octanol–water partition coefficient (Wildman–Crippen LogP) is 2.70. The number of hydrogen-bond acceptors (Lipinski definition) is 2. The molecule has 2 rings (SSSR count). The van der Waals surface area contributed by atoms with Crippen LogP contribution in [0, 0.1) is 0 Å². The van der Waals surface area contributed by atoms with E-state index in [1.807, 2.05) is 41.2 Å². The molecule has 84 valence electrons. The molecule has 0 saturated heterocycles. The molecule has 0 amide bonds. The summed E-state index contributed by atoms with van der Waals surface area (Å²) >= 11 is 3.46. The van der Waals surface area contributed by atoms with Gasteiger partial charge in [-0.15, -0.1) is 0 Å². The fourth-order valence-electron chi connectivity index (χ4n) is 1.63. The Bertz CT molecular complexity index is 479. The fourth-order valence-corrected chi connectivity index (χ4v) is 2.02. The highest BCUT2D eigenvalue weighted by Crippen LogP contribution is 2.20. The Balaban J connectivity index is 2.44. The molecule has 16 heavy (non-hydrogen) atoms. The second-order valence-corrected chi connectivity index (χ2v) is 4.70. The van der Waals surface area contributed by atoms with E-state index in [0.717, 1.165) is 15.9 Å². The highest BCUT2D eigenvalue weighted by atomic mass is 79.9. The zero-order valence-corrected chi connectivity index (χ0v) is 10.7. The Morgan fingerprint density at radius 2 is 2.25 bits per heavy atom. The first kappa shape index (κ1) is 11.4. The fraction of sp³-hybridized carbons (Fsp3) is 0.250. The lowest BCUT2D eigenvalue weighted by molar-refractivity contribution is 0.691. The zero-order valence-electron chi connectivity index (χ0n) is 9.10. The zero-order chi connectivity index (χ0) is 11.5. The molecule has 0 aliphatic rings. The molecule has 1 aromatic carbocycles. The molecule has 0 fully saturated rings. The van der Waals surface area contributed by atoms with Gasteiger partial charge in [-0.25, -0.2) is 4.68 Å². The molecule has 4 heteroatoms. The number of hydrogen-bond donors (Lipinski definition) is 1. The normalized spacial score (nSPS) is 12.7. The summed E-state index contributed by atoms with van der Waals surface area (Å²) in [4.78, 5) is 0. The van der Waals surface area contributed by atoms with E-state index in [4.69, 9.17) is 5.73 Å². The highest BCUT2D eigenvalue weighted by Gasteiger charge is 2.10. The summed E-state index contributed by atoms with van der Waals surface area (Å²) in [7, 11) is 0. The number of benzene rings is 1. The third-order valence-electron chi connectivity index (χ3n) is 2.58. The molecule has 1 aromatic heterocycles. The van der Waals surface area contributed by atoms with E-state index < -0.39 is 0 Å². The minimum atomic E-state index is 0.307. The van der Waals surface area contributed by atoms with Crippen LogP contribution in [0.1, 0.15) is 18.5 Å². The molecule has 1 heterocycles. The molecule has 0 aliphatic carbocycles. The van der Waals surface area contributed by atoms with Crippen molar-refractivity contribution in [2.75, 3.05) is 6.54 Å². The summed E-state index contributed by atoms with van der Waals surface area (Å²) in [6.07, 6.45) is 1.81. The van der Waals surface area contributed by atoms with Crippen LogP contribution in [-0.4, -0.2) is 16.3 Å². The monoisotopic (exact) mass is 279 g/mol. The molecular weight excluding hydrogens is 266 g/mol. The van der Waals surface area contributed by atoms with Gasteiger partial charge >= 0.3 is 0 Å². The topological polar surface area (TPSA) is 43.8 Å². The van der Waals surface area contributed by atoms with Crippen LogP contribution in [-0.2, 0) is 0 Å². The van der Waals surface area contributed by atoms with Gasteiger partial charge in [-0.1, -0.05) is 28.9 Å². The average molecular weight is 280 g/mol. The summed E-state index contributed by atoms with van der Waals surface area (Å²) < 4.78 is 2.98. The largest absolute Gasteiger partial charge is 0.330 e. The third-order valence-corrected chi connectivity index (χ3v) is 3.08. The van der Waals surface area contributed by atoms with Crippen molar-refractivity contribution in [1.82, 2.24) is 9.78 Å². The number of nitrogens with zero attached hydrogens (tertiary/aromatic N) is 2. The van der Waals surface area contributed by atoms with Crippen molar-refractivity contribution in [3.05, 3.63) is 46.7 Å². The Morgan fingerprint density at radius 1 is 1.44 bits per heavy atom. The van der Waals surface area contributed by atoms with Gasteiger partial charge in [-0.05, 0) is 24.3 Å². The molecular formula is C12H14BrN3. The number of rotatable bonds is 3. The van der Waals surface area contributed by atoms with Gasteiger partial charge in [0.2, 0.25) is 0 Å². The summed E-state index contributed by atoms with van der Waals surface area (Å²) in [5.74, 6) is 0.307. The maximum absolute atomic E-state index is 5.69. The van der Waals surface area contributed by atoms with Crippen molar-refractivity contribution in [1.29, 1.82) is 0 Å². The third kappa shape index (κ3) is 2.18. The molecule has 0 radical (unpaired) electrons. The van der Waals surface area contributed by atoms with Gasteiger partial charge in [0.05, 0.1) is 5.69 Å². The summed E-state index contributed by atoms with van der Waals surface area (Å²) in [6.45, 7) is 2.73. The molecule has 0 bridgehead atoms. The quantitative estimate of drug-likeness (QED) is 0.939. The van der Waals surface area contributed by atoms with Crippen LogP contribution in [0.25, 0.3) is 5.69 Å². The SMILES string of the molecule is CC(CN)c1ccnn1-c1cccc(Br)c1. The maximum Gasteiger partial charge on any atom is 0.0660 e. The van der Waals surface area contributed by atoms with Crippen LogP contribution in [0.4, 0.5) is 0 Å². The molecule has 0 aliphatic heterocycles. The van der Waals surface area contributed by atoms with Crippen LogP contribution >= 0.6 is 15.9 Å². The van der Waals surface area contributed by atoms with Crippen LogP contribution in [0.5, 0.6) is 0 Å². The van der Waals surface area contributed by atoms with Gasteiger partial charge in [0.25, 0.3) is 0 Å². The van der Waals surface area contributed by atoms with E-state index in [2.05, 4.69) is 28.0 Å². The van der Waals surface area contributed by atoms with E-state index >= 15 is 0 Å². The Hall–Kier alpha value is -1.13. The van der Waals surface area contributed by atoms with Crippen molar-refractivity contribution in [3.63, 3.8) is 0 Å². The highest BCUT2D eigenvalue weighted by molar-refractivity contribution is 9.10. The van der Waals surface area contributed by atoms with Gasteiger partial charge in [0.1, 0.15) is 0 Å². The summed E-state index contributed by atoms with van der Waals surface area (Å²) in [5, 5.41) is 4.34. The second-order valence-electron chi connectivity index (χ2n) is 3.78. The minimum Gasteiger partial charge on any atom is -0.330 e. The van der Waals surface area contributed by atoms with Crippen molar-refractivity contribution in [2.24, 2.45) is 5.73 Å². The number of aromatic nitrogens is 2. The Labute approximate surface area is 103 Å². The van der Waals surface area contributed by atoms with Crippen LogP contribution in [0.3, 0.4) is 0 Å². The molecule has 2 aromatic rings. The van der Waals surface area contributed by atoms with Crippen molar-refractivity contribution < 1.29 is 0 Å². The lowest BCUT2D eigenvalue weighted by atomic mass is 10.1. The first-order valence-corrected chi connectivity index (χ1v) is 6.01. The molecule has 0 spiro atoms. The van der Waals surface area contributed by atoms with Gasteiger partial charge < -0.3 is 5.73 Å². The summed E-state index contributed by atoms with van der Waals surface area (Å²) in [6, 6.07) is 10.1.